The molecule has 0 atom stereocenters. The maximum Gasteiger partial charge on any atom is 0.293 e. The lowest BCUT2D eigenvalue weighted by molar-refractivity contribution is 0.282. The summed E-state index contributed by atoms with van der Waals surface area (Å²) in [6.07, 6.45) is 10.0. The summed E-state index contributed by atoms with van der Waals surface area (Å²) >= 11 is 0. The standard InChI is InChI=1S/C17H29N3O/c1-13(2)12-20-11-10-19-16(17(20)21)18-9-8-15-6-4-14(3)5-7-15/h10-11,13-15H,4-9,12H2,1-3H3,(H,18,19). The van der Waals surface area contributed by atoms with Gasteiger partial charge in [-0.2, -0.15) is 0 Å². The molecule has 1 fully saturated rings. The first kappa shape index (κ1) is 16.1. The Bertz CT molecular complexity index is 487. The second kappa shape index (κ2) is 7.62. The van der Waals surface area contributed by atoms with Crippen LogP contribution in [0.5, 0.6) is 0 Å². The van der Waals surface area contributed by atoms with Crippen LogP contribution >= 0.6 is 0 Å². The predicted molar refractivity (Wildman–Crippen MR) is 87.6 cm³/mol. The molecule has 1 N–H and O–H groups in total. The van der Waals surface area contributed by atoms with Gasteiger partial charge < -0.3 is 9.88 Å². The molecule has 0 radical (unpaired) electrons. The van der Waals surface area contributed by atoms with Crippen LogP contribution in [0.1, 0.15) is 52.9 Å². The van der Waals surface area contributed by atoms with Crippen LogP contribution in [-0.2, 0) is 6.54 Å². The first-order valence-electron chi connectivity index (χ1n) is 8.35. The number of rotatable bonds is 6. The fourth-order valence-corrected chi connectivity index (χ4v) is 3.12. The molecular formula is C17H29N3O. The van der Waals surface area contributed by atoms with Gasteiger partial charge in [0.05, 0.1) is 0 Å². The average molecular weight is 291 g/mol. The quantitative estimate of drug-likeness (QED) is 0.872. The second-order valence-electron chi connectivity index (χ2n) is 6.97. The average Bonchev–Trinajstić information content (AvgIpc) is 2.44. The lowest BCUT2D eigenvalue weighted by atomic mass is 9.81. The molecule has 2 rings (SSSR count). The summed E-state index contributed by atoms with van der Waals surface area (Å²) in [4.78, 5) is 16.5. The highest BCUT2D eigenvalue weighted by atomic mass is 16.1. The van der Waals surface area contributed by atoms with E-state index in [0.29, 0.717) is 11.7 Å². The highest BCUT2D eigenvalue weighted by Crippen LogP contribution is 2.30. The lowest BCUT2D eigenvalue weighted by Gasteiger charge is -2.26. The Kier molecular flexibility index (Phi) is 5.83. The molecule has 0 aliphatic heterocycles. The Morgan fingerprint density at radius 1 is 1.33 bits per heavy atom. The van der Waals surface area contributed by atoms with Crippen LogP contribution in [0.2, 0.25) is 0 Å². The number of nitrogens with zero attached hydrogens (tertiary/aromatic N) is 2. The minimum Gasteiger partial charge on any atom is -0.365 e. The van der Waals surface area contributed by atoms with E-state index >= 15 is 0 Å². The lowest BCUT2D eigenvalue weighted by Crippen LogP contribution is -2.26. The van der Waals surface area contributed by atoms with E-state index in [0.717, 1.165) is 31.3 Å². The molecule has 0 saturated heterocycles. The molecule has 0 unspecified atom stereocenters. The Labute approximate surface area is 128 Å². The van der Waals surface area contributed by atoms with Crippen LogP contribution in [0.3, 0.4) is 0 Å². The van der Waals surface area contributed by atoms with Crippen molar-refractivity contribution in [3.8, 4) is 0 Å². The summed E-state index contributed by atoms with van der Waals surface area (Å²) in [5.74, 6) is 2.67. The van der Waals surface area contributed by atoms with Crippen molar-refractivity contribution in [1.29, 1.82) is 0 Å². The summed E-state index contributed by atoms with van der Waals surface area (Å²) < 4.78 is 1.75. The summed E-state index contributed by atoms with van der Waals surface area (Å²) in [5, 5.41) is 3.24. The minimum atomic E-state index is 0.00321. The van der Waals surface area contributed by atoms with Crippen molar-refractivity contribution in [2.75, 3.05) is 11.9 Å². The molecule has 1 aliphatic rings. The zero-order chi connectivity index (χ0) is 15.2. The Balaban J connectivity index is 1.84. The zero-order valence-corrected chi connectivity index (χ0v) is 13.6. The minimum absolute atomic E-state index is 0.00321. The number of anilines is 1. The van der Waals surface area contributed by atoms with Crippen molar-refractivity contribution >= 4 is 5.82 Å². The van der Waals surface area contributed by atoms with Gasteiger partial charge in [-0.1, -0.05) is 46.5 Å². The van der Waals surface area contributed by atoms with E-state index in [1.165, 1.54) is 25.7 Å². The van der Waals surface area contributed by atoms with Gasteiger partial charge >= 0.3 is 0 Å². The van der Waals surface area contributed by atoms with Gasteiger partial charge in [-0.05, 0) is 24.2 Å². The van der Waals surface area contributed by atoms with Gasteiger partial charge in [0.25, 0.3) is 5.56 Å². The number of hydrogen-bond acceptors (Lipinski definition) is 3. The molecular weight excluding hydrogens is 262 g/mol. The van der Waals surface area contributed by atoms with Crippen LogP contribution in [0.25, 0.3) is 0 Å². The first-order chi connectivity index (χ1) is 10.1. The van der Waals surface area contributed by atoms with E-state index in [9.17, 15) is 4.79 Å². The smallest absolute Gasteiger partial charge is 0.293 e. The Morgan fingerprint density at radius 2 is 2.05 bits per heavy atom. The van der Waals surface area contributed by atoms with Gasteiger partial charge in [0, 0.05) is 25.5 Å². The van der Waals surface area contributed by atoms with Gasteiger partial charge in [-0.25, -0.2) is 4.98 Å². The number of aromatic nitrogens is 2. The maximum atomic E-state index is 12.3. The largest absolute Gasteiger partial charge is 0.365 e. The normalized spacial score (nSPS) is 22.5. The van der Waals surface area contributed by atoms with Crippen LogP contribution in [0.15, 0.2) is 17.2 Å². The fraction of sp³-hybridized carbons (Fsp3) is 0.765. The summed E-state index contributed by atoms with van der Waals surface area (Å²) in [7, 11) is 0. The van der Waals surface area contributed by atoms with Gasteiger partial charge in [-0.15, -0.1) is 0 Å². The van der Waals surface area contributed by atoms with E-state index in [1.54, 1.807) is 17.0 Å². The van der Waals surface area contributed by atoms with Gasteiger partial charge in [-0.3, -0.25) is 4.79 Å². The third kappa shape index (κ3) is 4.87. The highest BCUT2D eigenvalue weighted by molar-refractivity contribution is 5.30. The van der Waals surface area contributed by atoms with Crippen LogP contribution in [0.4, 0.5) is 5.82 Å². The van der Waals surface area contributed by atoms with Gasteiger partial charge in [0.15, 0.2) is 5.82 Å². The van der Waals surface area contributed by atoms with Crippen LogP contribution in [-0.4, -0.2) is 16.1 Å². The van der Waals surface area contributed by atoms with E-state index in [2.05, 4.69) is 31.1 Å². The third-order valence-corrected chi connectivity index (χ3v) is 4.46. The fourth-order valence-electron chi connectivity index (χ4n) is 3.12. The number of nitrogens with one attached hydrogen (secondary N) is 1. The van der Waals surface area contributed by atoms with Crippen molar-refractivity contribution in [3.63, 3.8) is 0 Å². The molecule has 4 heteroatoms. The molecule has 1 aromatic rings. The van der Waals surface area contributed by atoms with E-state index in [4.69, 9.17) is 0 Å². The summed E-state index contributed by atoms with van der Waals surface area (Å²) in [5.41, 5.74) is 0.00321. The SMILES string of the molecule is CC(C)Cn1ccnc(NCCC2CCC(C)CC2)c1=O. The molecule has 1 saturated carbocycles. The molecule has 4 nitrogen and oxygen atoms in total. The van der Waals surface area contributed by atoms with Crippen LogP contribution in [0, 0.1) is 17.8 Å². The molecule has 0 amide bonds. The summed E-state index contributed by atoms with van der Waals surface area (Å²) in [6.45, 7) is 8.18. The van der Waals surface area contributed by atoms with Gasteiger partial charge in [0.1, 0.15) is 0 Å². The van der Waals surface area contributed by atoms with Crippen molar-refractivity contribution in [1.82, 2.24) is 9.55 Å². The highest BCUT2D eigenvalue weighted by Gasteiger charge is 2.17. The molecule has 1 aromatic heterocycles. The second-order valence-corrected chi connectivity index (χ2v) is 6.97. The first-order valence-corrected chi connectivity index (χ1v) is 8.35. The van der Waals surface area contributed by atoms with E-state index in [1.807, 2.05) is 0 Å². The predicted octanol–water partition coefficient (Wildman–Crippen LogP) is 3.53. The van der Waals surface area contributed by atoms with Crippen molar-refractivity contribution in [3.05, 3.63) is 22.7 Å². The molecule has 0 spiro atoms. The van der Waals surface area contributed by atoms with Crippen LogP contribution < -0.4 is 10.9 Å². The topological polar surface area (TPSA) is 46.9 Å². The third-order valence-electron chi connectivity index (χ3n) is 4.46. The summed E-state index contributed by atoms with van der Waals surface area (Å²) in [6, 6.07) is 0. The van der Waals surface area contributed by atoms with Crippen molar-refractivity contribution < 1.29 is 0 Å². The zero-order valence-electron chi connectivity index (χ0n) is 13.6. The maximum absolute atomic E-state index is 12.3. The molecule has 1 aliphatic carbocycles. The Hall–Kier alpha value is -1.32. The molecule has 0 bridgehead atoms. The van der Waals surface area contributed by atoms with Crippen molar-refractivity contribution in [2.45, 2.75) is 59.4 Å². The van der Waals surface area contributed by atoms with Crippen molar-refractivity contribution in [2.24, 2.45) is 17.8 Å². The number of hydrogen-bond donors (Lipinski definition) is 1. The molecule has 0 aromatic carbocycles. The van der Waals surface area contributed by atoms with E-state index < -0.39 is 0 Å². The molecule has 21 heavy (non-hydrogen) atoms. The van der Waals surface area contributed by atoms with Gasteiger partial charge in [0.2, 0.25) is 0 Å². The van der Waals surface area contributed by atoms with E-state index in [-0.39, 0.29) is 5.56 Å². The molecule has 1 heterocycles. The Morgan fingerprint density at radius 3 is 2.71 bits per heavy atom. The monoisotopic (exact) mass is 291 g/mol. The molecule has 118 valence electrons.